The molecule has 0 bridgehead atoms. The molecule has 0 aliphatic rings. The molecule has 0 heterocycles. The van der Waals surface area contributed by atoms with Crippen LogP contribution in [0.4, 0.5) is 0 Å². The number of hydrogen-bond donors (Lipinski definition) is 3. The van der Waals surface area contributed by atoms with Crippen molar-refractivity contribution in [2.75, 3.05) is 6.54 Å². The Bertz CT molecular complexity index is 479. The van der Waals surface area contributed by atoms with Crippen LogP contribution in [0.2, 0.25) is 5.02 Å². The van der Waals surface area contributed by atoms with Gasteiger partial charge in [0, 0.05) is 17.1 Å². The van der Waals surface area contributed by atoms with Crippen molar-refractivity contribution in [1.82, 2.24) is 5.32 Å². The van der Waals surface area contributed by atoms with Crippen LogP contribution in [-0.2, 0) is 4.79 Å². The van der Waals surface area contributed by atoms with Crippen molar-refractivity contribution < 1.29 is 19.8 Å². The average Bonchev–Trinajstić information content (AvgIpc) is 2.22. The Hall–Kier alpha value is -1.59. The first kappa shape index (κ1) is 15.5. The lowest BCUT2D eigenvalue weighted by atomic mass is 10.0. The summed E-state index contributed by atoms with van der Waals surface area (Å²) in [4.78, 5) is 22.4. The molecular formula is C13H16ClNO4. The molecule has 1 unspecified atom stereocenters. The molecule has 1 aromatic carbocycles. The SMILES string of the molecule is Cc1cc(Cl)cc(C(=O)NCC(C)(O)CC(=O)O)c1. The summed E-state index contributed by atoms with van der Waals surface area (Å²) in [5, 5.41) is 21.3. The highest BCUT2D eigenvalue weighted by Gasteiger charge is 2.25. The number of carboxylic acid groups (broad SMARTS) is 1. The van der Waals surface area contributed by atoms with Gasteiger partial charge in [0.25, 0.3) is 5.91 Å². The normalized spacial score (nSPS) is 13.7. The molecule has 1 rings (SSSR count). The Morgan fingerprint density at radius 1 is 1.37 bits per heavy atom. The molecule has 0 aliphatic heterocycles. The number of carboxylic acids is 1. The van der Waals surface area contributed by atoms with Gasteiger partial charge < -0.3 is 15.5 Å². The number of nitrogens with one attached hydrogen (secondary N) is 1. The lowest BCUT2D eigenvalue weighted by molar-refractivity contribution is -0.141. The van der Waals surface area contributed by atoms with E-state index >= 15 is 0 Å². The molecule has 6 heteroatoms. The number of carbonyl (C=O) groups is 2. The maximum Gasteiger partial charge on any atom is 0.306 e. The summed E-state index contributed by atoms with van der Waals surface area (Å²) < 4.78 is 0. The highest BCUT2D eigenvalue weighted by molar-refractivity contribution is 6.31. The topological polar surface area (TPSA) is 86.6 Å². The van der Waals surface area contributed by atoms with E-state index in [1.807, 2.05) is 6.92 Å². The largest absolute Gasteiger partial charge is 0.481 e. The molecule has 5 nitrogen and oxygen atoms in total. The smallest absolute Gasteiger partial charge is 0.306 e. The lowest BCUT2D eigenvalue weighted by Crippen LogP contribution is -2.42. The zero-order valence-electron chi connectivity index (χ0n) is 10.7. The Balaban J connectivity index is 2.67. The van der Waals surface area contributed by atoms with Gasteiger partial charge in [-0.2, -0.15) is 0 Å². The van der Waals surface area contributed by atoms with Gasteiger partial charge in [-0.15, -0.1) is 0 Å². The Kier molecular flexibility index (Phi) is 4.91. The van der Waals surface area contributed by atoms with E-state index in [2.05, 4.69) is 5.32 Å². The summed E-state index contributed by atoms with van der Waals surface area (Å²) in [6.07, 6.45) is -0.443. The van der Waals surface area contributed by atoms with Crippen LogP contribution in [0.15, 0.2) is 18.2 Å². The van der Waals surface area contributed by atoms with Crippen LogP contribution < -0.4 is 5.32 Å². The van der Waals surface area contributed by atoms with Crippen molar-refractivity contribution in [1.29, 1.82) is 0 Å². The van der Waals surface area contributed by atoms with Gasteiger partial charge in [0.15, 0.2) is 0 Å². The number of benzene rings is 1. The van der Waals surface area contributed by atoms with E-state index in [-0.39, 0.29) is 6.54 Å². The van der Waals surface area contributed by atoms with Crippen LogP contribution >= 0.6 is 11.6 Å². The quantitative estimate of drug-likeness (QED) is 0.767. The highest BCUT2D eigenvalue weighted by Crippen LogP contribution is 2.15. The summed E-state index contributed by atoms with van der Waals surface area (Å²) >= 11 is 5.85. The molecule has 3 N–H and O–H groups in total. The number of carbonyl (C=O) groups excluding carboxylic acids is 1. The third kappa shape index (κ3) is 5.28. The Labute approximate surface area is 116 Å². The van der Waals surface area contributed by atoms with Gasteiger partial charge in [-0.1, -0.05) is 11.6 Å². The van der Waals surface area contributed by atoms with Crippen LogP contribution in [0.1, 0.15) is 29.3 Å². The minimum absolute atomic E-state index is 0.149. The standard InChI is InChI=1S/C13H16ClNO4/c1-8-3-9(5-10(14)4-8)12(18)15-7-13(2,19)6-11(16)17/h3-5,19H,6-7H2,1-2H3,(H,15,18)(H,16,17). The van der Waals surface area contributed by atoms with Crippen molar-refractivity contribution >= 4 is 23.5 Å². The van der Waals surface area contributed by atoms with E-state index in [1.165, 1.54) is 13.0 Å². The fourth-order valence-corrected chi connectivity index (χ4v) is 1.92. The second kappa shape index (κ2) is 6.04. The molecule has 0 spiro atoms. The molecule has 1 atom stereocenters. The van der Waals surface area contributed by atoms with E-state index in [0.717, 1.165) is 5.56 Å². The molecule has 1 aromatic rings. The number of aliphatic carboxylic acids is 1. The van der Waals surface area contributed by atoms with Crippen LogP contribution in [0.3, 0.4) is 0 Å². The van der Waals surface area contributed by atoms with Crippen LogP contribution in [0.5, 0.6) is 0 Å². The number of aryl methyl sites for hydroxylation is 1. The number of amides is 1. The molecule has 0 saturated heterocycles. The maximum absolute atomic E-state index is 11.9. The number of halogens is 1. The zero-order valence-corrected chi connectivity index (χ0v) is 11.5. The van der Waals surface area contributed by atoms with E-state index < -0.39 is 23.9 Å². The first-order valence-corrected chi connectivity index (χ1v) is 6.07. The number of rotatable bonds is 5. The van der Waals surface area contributed by atoms with Gasteiger partial charge in [-0.25, -0.2) is 0 Å². The average molecular weight is 286 g/mol. The van der Waals surface area contributed by atoms with Crippen molar-refractivity contribution in [3.63, 3.8) is 0 Å². The Morgan fingerprint density at radius 2 is 2.00 bits per heavy atom. The highest BCUT2D eigenvalue weighted by atomic mass is 35.5. The minimum Gasteiger partial charge on any atom is -0.481 e. The van der Waals surface area contributed by atoms with Gasteiger partial charge in [-0.05, 0) is 37.6 Å². The molecule has 104 valence electrons. The van der Waals surface area contributed by atoms with Crippen molar-refractivity contribution in [2.45, 2.75) is 25.9 Å². The molecule has 0 aliphatic carbocycles. The van der Waals surface area contributed by atoms with E-state index in [9.17, 15) is 14.7 Å². The predicted molar refractivity (Wildman–Crippen MR) is 71.4 cm³/mol. The number of aliphatic hydroxyl groups is 1. The molecule has 0 aromatic heterocycles. The molecular weight excluding hydrogens is 270 g/mol. The van der Waals surface area contributed by atoms with Crippen molar-refractivity contribution in [3.8, 4) is 0 Å². The second-order valence-corrected chi connectivity index (χ2v) is 5.20. The third-order valence-electron chi connectivity index (χ3n) is 2.47. The van der Waals surface area contributed by atoms with Crippen LogP contribution in [0.25, 0.3) is 0 Å². The molecule has 0 radical (unpaired) electrons. The predicted octanol–water partition coefficient (Wildman–Crippen LogP) is 1.60. The van der Waals surface area contributed by atoms with Gasteiger partial charge >= 0.3 is 5.97 Å². The van der Waals surface area contributed by atoms with Crippen molar-refractivity contribution in [2.24, 2.45) is 0 Å². The lowest BCUT2D eigenvalue weighted by Gasteiger charge is -2.21. The maximum atomic E-state index is 11.9. The van der Waals surface area contributed by atoms with E-state index in [0.29, 0.717) is 10.6 Å². The van der Waals surface area contributed by atoms with Crippen molar-refractivity contribution in [3.05, 3.63) is 34.3 Å². The first-order valence-electron chi connectivity index (χ1n) is 5.69. The summed E-state index contributed by atoms with van der Waals surface area (Å²) in [5.74, 6) is -1.53. The summed E-state index contributed by atoms with van der Waals surface area (Å²) in [5.41, 5.74) is -0.277. The first-order chi connectivity index (χ1) is 8.69. The van der Waals surface area contributed by atoms with E-state index in [1.54, 1.807) is 12.1 Å². The minimum atomic E-state index is -1.49. The summed E-state index contributed by atoms with van der Waals surface area (Å²) in [6, 6.07) is 4.89. The van der Waals surface area contributed by atoms with Gasteiger partial charge in [0.2, 0.25) is 0 Å². The van der Waals surface area contributed by atoms with Gasteiger partial charge in [-0.3, -0.25) is 9.59 Å². The monoisotopic (exact) mass is 285 g/mol. The third-order valence-corrected chi connectivity index (χ3v) is 2.68. The zero-order chi connectivity index (χ0) is 14.6. The molecule has 0 saturated carbocycles. The Morgan fingerprint density at radius 3 is 2.53 bits per heavy atom. The second-order valence-electron chi connectivity index (χ2n) is 4.77. The molecule has 19 heavy (non-hydrogen) atoms. The van der Waals surface area contributed by atoms with Gasteiger partial charge in [0.05, 0.1) is 12.0 Å². The molecule has 0 fully saturated rings. The fraction of sp³-hybridized carbons (Fsp3) is 0.385. The summed E-state index contributed by atoms with van der Waals surface area (Å²) in [7, 11) is 0. The van der Waals surface area contributed by atoms with Gasteiger partial charge in [0.1, 0.15) is 0 Å². The molecule has 1 amide bonds. The fourth-order valence-electron chi connectivity index (χ4n) is 1.63. The van der Waals surface area contributed by atoms with E-state index in [4.69, 9.17) is 16.7 Å². The van der Waals surface area contributed by atoms with Crippen LogP contribution in [-0.4, -0.2) is 34.2 Å². The van der Waals surface area contributed by atoms with Crippen LogP contribution in [0, 0.1) is 6.92 Å². The number of hydrogen-bond acceptors (Lipinski definition) is 3. The summed E-state index contributed by atoms with van der Waals surface area (Å²) in [6.45, 7) is 3.01.